The zero-order valence-electron chi connectivity index (χ0n) is 16.4. The summed E-state index contributed by atoms with van der Waals surface area (Å²) in [6.45, 7) is 2.48. The van der Waals surface area contributed by atoms with Gasteiger partial charge in [0, 0.05) is 23.8 Å². The molecule has 0 spiro atoms. The van der Waals surface area contributed by atoms with Crippen molar-refractivity contribution in [2.45, 2.75) is 31.6 Å². The number of rotatable bonds is 10. The van der Waals surface area contributed by atoms with Crippen LogP contribution >= 0.6 is 27.7 Å². The van der Waals surface area contributed by atoms with Gasteiger partial charge in [0.15, 0.2) is 0 Å². The third-order valence-electron chi connectivity index (χ3n) is 4.52. The largest absolute Gasteiger partial charge is 0.357 e. The molecule has 0 fully saturated rings. The van der Waals surface area contributed by atoms with Crippen LogP contribution < -0.4 is 5.32 Å². The van der Waals surface area contributed by atoms with Gasteiger partial charge in [-0.2, -0.15) is 0 Å². The van der Waals surface area contributed by atoms with Crippen LogP contribution in [-0.2, 0) is 21.8 Å². The summed E-state index contributed by atoms with van der Waals surface area (Å²) >= 11 is 5.01. The molecule has 1 N–H and O–H groups in total. The van der Waals surface area contributed by atoms with Gasteiger partial charge in [-0.05, 0) is 36.1 Å². The first kappa shape index (κ1) is 22.5. The molecular formula is C22H27BrN2O2S. The number of nitrogens with one attached hydrogen (secondary N) is 1. The van der Waals surface area contributed by atoms with Crippen molar-refractivity contribution in [2.24, 2.45) is 0 Å². The maximum Gasteiger partial charge on any atom is 0.242 e. The van der Waals surface area contributed by atoms with E-state index in [9.17, 15) is 9.59 Å². The number of nitrogens with zero attached hydrogens (tertiary/aromatic N) is 1. The minimum absolute atomic E-state index is 0.00786. The molecule has 0 aliphatic carbocycles. The molecular weight excluding hydrogens is 436 g/mol. The maximum atomic E-state index is 12.9. The third kappa shape index (κ3) is 6.99. The molecule has 0 aromatic heterocycles. The lowest BCUT2D eigenvalue weighted by Gasteiger charge is -2.30. The molecule has 1 atom stereocenters. The monoisotopic (exact) mass is 462 g/mol. The fourth-order valence-electron chi connectivity index (χ4n) is 2.98. The molecule has 150 valence electrons. The van der Waals surface area contributed by atoms with Crippen LogP contribution in [-0.4, -0.2) is 42.1 Å². The van der Waals surface area contributed by atoms with Gasteiger partial charge in [-0.3, -0.25) is 9.59 Å². The third-order valence-corrected chi connectivity index (χ3v) is 6.04. The van der Waals surface area contributed by atoms with Crippen LogP contribution in [0, 0.1) is 0 Å². The van der Waals surface area contributed by atoms with Gasteiger partial charge in [0.1, 0.15) is 6.04 Å². The van der Waals surface area contributed by atoms with E-state index < -0.39 is 6.04 Å². The van der Waals surface area contributed by atoms with Gasteiger partial charge in [0.05, 0.1) is 5.75 Å². The summed E-state index contributed by atoms with van der Waals surface area (Å²) in [6, 6.07) is 17.7. The molecule has 0 heterocycles. The Morgan fingerprint density at radius 2 is 1.75 bits per heavy atom. The molecule has 0 saturated heterocycles. The predicted octanol–water partition coefficient (Wildman–Crippen LogP) is 4.28. The second-order valence-corrected chi connectivity index (χ2v) is 8.38. The Morgan fingerprint density at radius 1 is 1.07 bits per heavy atom. The lowest BCUT2D eigenvalue weighted by Crippen LogP contribution is -2.50. The molecule has 0 saturated carbocycles. The summed E-state index contributed by atoms with van der Waals surface area (Å²) in [5.74, 6) is 1.02. The fourth-order valence-corrected chi connectivity index (χ4v) is 4.12. The highest BCUT2D eigenvalue weighted by Gasteiger charge is 2.27. The molecule has 0 unspecified atom stereocenters. The van der Waals surface area contributed by atoms with E-state index in [1.54, 1.807) is 23.7 Å². The Kier molecular flexibility index (Phi) is 9.58. The molecule has 2 rings (SSSR count). The van der Waals surface area contributed by atoms with E-state index in [0.29, 0.717) is 18.7 Å². The van der Waals surface area contributed by atoms with Crippen molar-refractivity contribution >= 4 is 39.5 Å². The number of carbonyl (C=O) groups excluding carboxylic acids is 2. The number of thioether (sulfide) groups is 1. The minimum atomic E-state index is -0.436. The fraction of sp³-hybridized carbons (Fsp3) is 0.364. The second-order valence-electron chi connectivity index (χ2n) is 6.48. The maximum absolute atomic E-state index is 12.9. The first-order valence-corrected chi connectivity index (χ1v) is 11.4. The van der Waals surface area contributed by atoms with Gasteiger partial charge < -0.3 is 10.2 Å². The van der Waals surface area contributed by atoms with Gasteiger partial charge in [0.2, 0.25) is 11.8 Å². The normalized spacial score (nSPS) is 11.7. The van der Waals surface area contributed by atoms with E-state index in [2.05, 4.69) is 21.2 Å². The smallest absolute Gasteiger partial charge is 0.242 e. The van der Waals surface area contributed by atoms with Crippen LogP contribution in [0.2, 0.25) is 0 Å². The SMILES string of the molecule is CC[C@@H](C(=O)NC)N(CCc1ccccc1)C(=O)CSCc1ccc(Br)cc1. The van der Waals surface area contributed by atoms with Crippen LogP contribution in [0.3, 0.4) is 0 Å². The number of halogens is 1. The first-order valence-electron chi connectivity index (χ1n) is 9.42. The van der Waals surface area contributed by atoms with Crippen LogP contribution in [0.5, 0.6) is 0 Å². The zero-order valence-corrected chi connectivity index (χ0v) is 18.8. The highest BCUT2D eigenvalue weighted by Crippen LogP contribution is 2.17. The van der Waals surface area contributed by atoms with Crippen LogP contribution in [0.25, 0.3) is 0 Å². The number of carbonyl (C=O) groups is 2. The standard InChI is InChI=1S/C22H27BrN2O2S/c1-3-20(22(27)24-2)25(14-13-17-7-5-4-6-8-17)21(26)16-28-15-18-9-11-19(23)12-10-18/h4-12,20H,3,13-16H2,1-2H3,(H,24,27)/t20-/m0/s1. The summed E-state index contributed by atoms with van der Waals surface area (Å²) < 4.78 is 1.04. The molecule has 0 aliphatic heterocycles. The quantitative estimate of drug-likeness (QED) is 0.573. The van der Waals surface area contributed by atoms with Gasteiger partial charge in [0.25, 0.3) is 0 Å². The Bertz CT molecular complexity index is 753. The number of hydrogen-bond donors (Lipinski definition) is 1. The molecule has 0 bridgehead atoms. The van der Waals surface area contributed by atoms with Gasteiger partial charge >= 0.3 is 0 Å². The number of likely N-dealkylation sites (N-methyl/N-ethyl adjacent to an activating group) is 1. The Balaban J connectivity index is 2.00. The molecule has 0 radical (unpaired) electrons. The number of hydrogen-bond acceptors (Lipinski definition) is 3. The molecule has 2 aromatic carbocycles. The van der Waals surface area contributed by atoms with Crippen LogP contribution in [0.15, 0.2) is 59.1 Å². The van der Waals surface area contributed by atoms with Crippen molar-refractivity contribution < 1.29 is 9.59 Å². The van der Waals surface area contributed by atoms with Crippen molar-refractivity contribution in [3.8, 4) is 0 Å². The summed E-state index contributed by atoms with van der Waals surface area (Å²) in [4.78, 5) is 27.0. The van der Waals surface area contributed by atoms with E-state index in [4.69, 9.17) is 0 Å². The Hall–Kier alpha value is -1.79. The van der Waals surface area contributed by atoms with E-state index in [-0.39, 0.29) is 11.8 Å². The molecule has 0 aliphatic rings. The van der Waals surface area contributed by atoms with Crippen molar-refractivity contribution in [2.75, 3.05) is 19.3 Å². The lowest BCUT2D eigenvalue weighted by atomic mass is 10.1. The topological polar surface area (TPSA) is 49.4 Å². The zero-order chi connectivity index (χ0) is 20.4. The van der Waals surface area contributed by atoms with Crippen LogP contribution in [0.4, 0.5) is 0 Å². The lowest BCUT2D eigenvalue weighted by molar-refractivity contribution is -0.138. The Morgan fingerprint density at radius 3 is 2.36 bits per heavy atom. The second kappa shape index (κ2) is 11.9. The van der Waals surface area contributed by atoms with Crippen molar-refractivity contribution in [3.63, 3.8) is 0 Å². The van der Waals surface area contributed by atoms with E-state index in [1.807, 2.05) is 61.5 Å². The van der Waals surface area contributed by atoms with E-state index in [0.717, 1.165) is 22.2 Å². The summed E-state index contributed by atoms with van der Waals surface area (Å²) in [7, 11) is 1.62. The molecule has 4 nitrogen and oxygen atoms in total. The van der Waals surface area contributed by atoms with Crippen LogP contribution in [0.1, 0.15) is 24.5 Å². The van der Waals surface area contributed by atoms with E-state index in [1.165, 1.54) is 5.56 Å². The number of amides is 2. The van der Waals surface area contributed by atoms with Gasteiger partial charge in [-0.25, -0.2) is 0 Å². The summed E-state index contributed by atoms with van der Waals surface area (Å²) in [5.41, 5.74) is 2.34. The predicted molar refractivity (Wildman–Crippen MR) is 120 cm³/mol. The van der Waals surface area contributed by atoms with Crippen molar-refractivity contribution in [1.82, 2.24) is 10.2 Å². The van der Waals surface area contributed by atoms with Crippen molar-refractivity contribution in [1.29, 1.82) is 0 Å². The average Bonchev–Trinajstić information content (AvgIpc) is 2.72. The highest BCUT2D eigenvalue weighted by molar-refractivity contribution is 9.10. The molecule has 2 aromatic rings. The Labute approximate surface area is 180 Å². The van der Waals surface area contributed by atoms with Crippen molar-refractivity contribution in [3.05, 3.63) is 70.2 Å². The molecule has 2 amide bonds. The average molecular weight is 463 g/mol. The molecule has 28 heavy (non-hydrogen) atoms. The van der Waals surface area contributed by atoms with E-state index >= 15 is 0 Å². The molecule has 6 heteroatoms. The van der Waals surface area contributed by atoms with Gasteiger partial charge in [-0.1, -0.05) is 65.3 Å². The summed E-state index contributed by atoms with van der Waals surface area (Å²) in [5, 5.41) is 2.69. The van der Waals surface area contributed by atoms with Gasteiger partial charge in [-0.15, -0.1) is 11.8 Å². The number of benzene rings is 2. The summed E-state index contributed by atoms with van der Waals surface area (Å²) in [6.07, 6.45) is 1.33. The highest BCUT2D eigenvalue weighted by atomic mass is 79.9. The first-order chi connectivity index (χ1) is 13.5. The minimum Gasteiger partial charge on any atom is -0.357 e.